The maximum absolute atomic E-state index is 13.1. The van der Waals surface area contributed by atoms with Crippen LogP contribution in [0.25, 0.3) is 12.2 Å². The fourth-order valence-electron chi connectivity index (χ4n) is 3.99. The molecule has 3 aromatic rings. The van der Waals surface area contributed by atoms with Crippen LogP contribution in [0, 0.1) is 12.8 Å². The topological polar surface area (TPSA) is 109 Å². The summed E-state index contributed by atoms with van der Waals surface area (Å²) in [5.74, 6) is 1.38. The molecule has 9 nitrogen and oxygen atoms in total. The van der Waals surface area contributed by atoms with Gasteiger partial charge in [-0.15, -0.1) is 0 Å². The minimum atomic E-state index is -3.58. The van der Waals surface area contributed by atoms with Crippen LogP contribution in [-0.2, 0) is 14.8 Å². The highest BCUT2D eigenvalue weighted by molar-refractivity contribution is 7.89. The highest BCUT2D eigenvalue weighted by Gasteiger charge is 2.31. The quantitative estimate of drug-likeness (QED) is 0.537. The summed E-state index contributed by atoms with van der Waals surface area (Å²) < 4.78 is 33.2. The van der Waals surface area contributed by atoms with Gasteiger partial charge in [-0.1, -0.05) is 29.4 Å². The molecule has 10 heteroatoms. The maximum atomic E-state index is 13.1. The van der Waals surface area contributed by atoms with Crippen LogP contribution < -0.4 is 10.2 Å². The van der Waals surface area contributed by atoms with E-state index in [-0.39, 0.29) is 16.7 Å². The molecule has 0 bridgehead atoms. The van der Waals surface area contributed by atoms with Crippen LogP contribution in [0.5, 0.6) is 0 Å². The summed E-state index contributed by atoms with van der Waals surface area (Å²) >= 11 is 0. The lowest BCUT2D eigenvalue weighted by Crippen LogP contribution is -2.48. The lowest BCUT2D eigenvalue weighted by molar-refractivity contribution is -0.117. The molecular formula is C25H27N5O4S. The Morgan fingerprint density at radius 1 is 1.06 bits per heavy atom. The van der Waals surface area contributed by atoms with Crippen LogP contribution in [0.15, 0.2) is 58.1 Å². The van der Waals surface area contributed by atoms with Crippen LogP contribution in [0.3, 0.4) is 0 Å². The van der Waals surface area contributed by atoms with E-state index in [0.717, 1.165) is 24.2 Å². The molecule has 35 heavy (non-hydrogen) atoms. The molecule has 5 rings (SSSR count). The van der Waals surface area contributed by atoms with E-state index >= 15 is 0 Å². The van der Waals surface area contributed by atoms with Gasteiger partial charge in [-0.3, -0.25) is 4.79 Å². The average Bonchev–Trinajstić information content (AvgIpc) is 3.69. The second-order valence-corrected chi connectivity index (χ2v) is 10.7. The summed E-state index contributed by atoms with van der Waals surface area (Å²) in [6, 6.07) is 12.4. The summed E-state index contributed by atoms with van der Waals surface area (Å²) in [7, 11) is -3.58. The molecule has 0 radical (unpaired) electrons. The zero-order valence-corrected chi connectivity index (χ0v) is 20.2. The van der Waals surface area contributed by atoms with Gasteiger partial charge < -0.3 is 14.7 Å². The number of sulfonamides is 1. The van der Waals surface area contributed by atoms with Crippen molar-refractivity contribution in [2.45, 2.75) is 24.7 Å². The number of benzene rings is 1. The number of nitrogens with one attached hydrogen (secondary N) is 1. The average molecular weight is 494 g/mol. The smallest absolute Gasteiger partial charge is 0.243 e. The van der Waals surface area contributed by atoms with Crippen molar-refractivity contribution >= 4 is 39.6 Å². The number of anilines is 2. The van der Waals surface area contributed by atoms with E-state index in [1.807, 2.05) is 18.2 Å². The van der Waals surface area contributed by atoms with E-state index in [9.17, 15) is 13.2 Å². The van der Waals surface area contributed by atoms with E-state index in [2.05, 4.69) is 20.4 Å². The summed E-state index contributed by atoms with van der Waals surface area (Å²) in [6.45, 7) is 3.77. The summed E-state index contributed by atoms with van der Waals surface area (Å²) in [5, 5.41) is 6.85. The minimum Gasteiger partial charge on any atom is -0.354 e. The highest BCUT2D eigenvalue weighted by Crippen LogP contribution is 2.32. The maximum Gasteiger partial charge on any atom is 0.243 e. The number of carbonyl (C=O) groups excluding carboxylic acids is 1. The summed E-state index contributed by atoms with van der Waals surface area (Å²) in [6.07, 6.45) is 7.09. The Balaban J connectivity index is 1.24. The highest BCUT2D eigenvalue weighted by atomic mass is 32.2. The molecule has 3 heterocycles. The van der Waals surface area contributed by atoms with Gasteiger partial charge in [0.15, 0.2) is 5.76 Å². The van der Waals surface area contributed by atoms with Crippen LogP contribution in [0.2, 0.25) is 0 Å². The molecule has 1 amide bonds. The predicted octanol–water partition coefficient (Wildman–Crippen LogP) is 3.41. The number of nitrogens with zero attached hydrogens (tertiary/aromatic N) is 4. The molecule has 1 saturated carbocycles. The minimum absolute atomic E-state index is 0.0126. The van der Waals surface area contributed by atoms with Crippen molar-refractivity contribution in [2.75, 3.05) is 36.4 Å². The zero-order chi connectivity index (χ0) is 24.4. The Morgan fingerprint density at radius 3 is 2.46 bits per heavy atom. The standard InChI is InChI=1S/C25H27N5O4S/c1-18-24(27-25(31)20-8-9-20)22(34-28-18)12-7-19-5-10-21(11-6-19)35(32,33)30-16-14-29(15-17-30)23-4-2-3-13-26-23/h2-7,10-13,20H,8-9,14-17H2,1H3,(H,27,31)/b12-7-. The number of hydrogen-bond acceptors (Lipinski definition) is 7. The second kappa shape index (κ2) is 9.63. The van der Waals surface area contributed by atoms with Gasteiger partial charge >= 0.3 is 0 Å². The Labute approximate surface area is 204 Å². The number of rotatable bonds is 7. The van der Waals surface area contributed by atoms with Crippen LogP contribution in [-0.4, -0.2) is 54.9 Å². The van der Waals surface area contributed by atoms with E-state index in [1.165, 1.54) is 4.31 Å². The summed E-state index contributed by atoms with van der Waals surface area (Å²) in [5.41, 5.74) is 1.99. The predicted molar refractivity (Wildman–Crippen MR) is 133 cm³/mol. The molecule has 1 aliphatic heterocycles. The van der Waals surface area contributed by atoms with Crippen molar-refractivity contribution < 1.29 is 17.7 Å². The monoisotopic (exact) mass is 493 g/mol. The SMILES string of the molecule is Cc1noc(/C=C\c2ccc(S(=O)(=O)N3CCN(c4ccccn4)CC3)cc2)c1NC(=O)C1CC1. The first kappa shape index (κ1) is 23.3. The number of carbonyl (C=O) groups is 1. The normalized spacial score (nSPS) is 17.1. The molecule has 1 aromatic carbocycles. The van der Waals surface area contributed by atoms with Crippen LogP contribution >= 0.6 is 0 Å². The fraction of sp³-hybridized carbons (Fsp3) is 0.320. The van der Waals surface area contributed by atoms with Gasteiger partial charge in [-0.05, 0) is 55.7 Å². The zero-order valence-electron chi connectivity index (χ0n) is 19.4. The number of pyridine rings is 1. The van der Waals surface area contributed by atoms with Crippen molar-refractivity contribution in [1.29, 1.82) is 0 Å². The number of amides is 1. The molecule has 1 aliphatic carbocycles. The van der Waals surface area contributed by atoms with Crippen LogP contribution in [0.1, 0.15) is 29.9 Å². The van der Waals surface area contributed by atoms with Crippen molar-refractivity contribution in [1.82, 2.24) is 14.4 Å². The Hall–Kier alpha value is -3.50. The summed E-state index contributed by atoms with van der Waals surface area (Å²) in [4.78, 5) is 18.8. The largest absolute Gasteiger partial charge is 0.354 e. The first-order valence-corrected chi connectivity index (χ1v) is 13.1. The van der Waals surface area contributed by atoms with Crippen molar-refractivity contribution in [3.63, 3.8) is 0 Å². The Morgan fingerprint density at radius 2 is 1.80 bits per heavy atom. The molecule has 0 atom stereocenters. The number of hydrogen-bond donors (Lipinski definition) is 1. The molecule has 2 aliphatic rings. The Bertz CT molecular complexity index is 1320. The molecule has 1 N–H and O–H groups in total. The van der Waals surface area contributed by atoms with Crippen molar-refractivity contribution in [2.24, 2.45) is 5.92 Å². The van der Waals surface area contributed by atoms with E-state index in [0.29, 0.717) is 43.3 Å². The first-order valence-electron chi connectivity index (χ1n) is 11.6. The molecule has 182 valence electrons. The molecule has 1 saturated heterocycles. The number of aromatic nitrogens is 2. The van der Waals surface area contributed by atoms with E-state index < -0.39 is 10.0 Å². The van der Waals surface area contributed by atoms with Gasteiger partial charge in [0.05, 0.1) is 4.90 Å². The number of piperazine rings is 1. The molecular weight excluding hydrogens is 466 g/mol. The van der Waals surface area contributed by atoms with Gasteiger partial charge in [0.25, 0.3) is 0 Å². The van der Waals surface area contributed by atoms with Gasteiger partial charge in [0, 0.05) is 38.3 Å². The number of aryl methyl sites for hydroxylation is 1. The van der Waals surface area contributed by atoms with Gasteiger partial charge in [0.2, 0.25) is 15.9 Å². The lowest BCUT2D eigenvalue weighted by atomic mass is 10.2. The lowest BCUT2D eigenvalue weighted by Gasteiger charge is -2.34. The molecule has 0 spiro atoms. The van der Waals surface area contributed by atoms with Crippen molar-refractivity contribution in [3.05, 3.63) is 65.7 Å². The Kier molecular flexibility index (Phi) is 6.40. The third-order valence-electron chi connectivity index (χ3n) is 6.24. The molecule has 0 unspecified atom stereocenters. The fourth-order valence-corrected chi connectivity index (χ4v) is 5.42. The van der Waals surface area contributed by atoms with Gasteiger partial charge in [0.1, 0.15) is 17.2 Å². The van der Waals surface area contributed by atoms with E-state index in [1.54, 1.807) is 49.5 Å². The molecule has 2 fully saturated rings. The van der Waals surface area contributed by atoms with Crippen LogP contribution in [0.4, 0.5) is 11.5 Å². The third-order valence-corrected chi connectivity index (χ3v) is 8.16. The van der Waals surface area contributed by atoms with Gasteiger partial charge in [-0.2, -0.15) is 4.31 Å². The second-order valence-electron chi connectivity index (χ2n) is 8.75. The third kappa shape index (κ3) is 5.13. The molecule has 2 aromatic heterocycles. The van der Waals surface area contributed by atoms with Gasteiger partial charge in [-0.25, -0.2) is 13.4 Å². The van der Waals surface area contributed by atoms with Crippen molar-refractivity contribution in [3.8, 4) is 0 Å². The first-order chi connectivity index (χ1) is 16.9. The van der Waals surface area contributed by atoms with E-state index in [4.69, 9.17) is 4.52 Å².